The predicted molar refractivity (Wildman–Crippen MR) is 48.5 cm³/mol. The second-order valence-electron chi connectivity index (χ2n) is 2.37. The summed E-state index contributed by atoms with van der Waals surface area (Å²) in [5.41, 5.74) is 0.535. The topological polar surface area (TPSA) is 71.8 Å². The first kappa shape index (κ1) is 10.2. The zero-order valence-electron chi connectivity index (χ0n) is 7.02. The Labute approximate surface area is 95.6 Å². The van der Waals surface area contributed by atoms with Crippen molar-refractivity contribution >= 4 is 46.1 Å². The molecule has 1 N–H and O–H groups in total. The summed E-state index contributed by atoms with van der Waals surface area (Å²) in [5.74, 6) is 0. The number of hydrogen-bond donors (Lipinski definition) is 1. The fourth-order valence-electron chi connectivity index (χ4n) is 1.11. The number of nitro groups is 1. The number of hydrogen-bond acceptors (Lipinski definition) is 3. The van der Waals surface area contributed by atoms with Gasteiger partial charge >= 0.3 is 0 Å². The largest absolute Gasteiger partial charge is 0.294 e. The van der Waals surface area contributed by atoms with E-state index in [1.165, 1.54) is 6.07 Å². The van der Waals surface area contributed by atoms with Crippen molar-refractivity contribution in [3.05, 3.63) is 34.5 Å². The number of nitro benzene ring substituents is 1. The molecule has 1 heterocycles. The van der Waals surface area contributed by atoms with Crippen LogP contribution in [0.5, 0.6) is 0 Å². The van der Waals surface area contributed by atoms with Crippen molar-refractivity contribution in [3.8, 4) is 0 Å². The molecule has 1 radical (unpaired) electrons. The van der Waals surface area contributed by atoms with Gasteiger partial charge in [-0.3, -0.25) is 15.2 Å². The standard InChI is InChI=1S/C7H5N3O2.Na/c11-10(12)6-3-1-2-5-4-8-9-7(5)6;/h1-4H,(H,8,9);. The smallest absolute Gasteiger partial charge is 0.271 e. The molecule has 0 aliphatic carbocycles. The van der Waals surface area contributed by atoms with Gasteiger partial charge in [0.1, 0.15) is 5.52 Å². The van der Waals surface area contributed by atoms with Crippen LogP contribution >= 0.6 is 0 Å². The summed E-state index contributed by atoms with van der Waals surface area (Å²) in [5, 5.41) is 17.5. The van der Waals surface area contributed by atoms with Crippen LogP contribution in [0.3, 0.4) is 0 Å². The maximum Gasteiger partial charge on any atom is 0.294 e. The molecule has 6 heteroatoms. The molecule has 5 nitrogen and oxygen atoms in total. The summed E-state index contributed by atoms with van der Waals surface area (Å²) in [6.07, 6.45) is 1.56. The van der Waals surface area contributed by atoms with Crippen LogP contribution in [0.15, 0.2) is 24.4 Å². The van der Waals surface area contributed by atoms with Crippen LogP contribution in [0.2, 0.25) is 0 Å². The number of nitrogens with zero attached hydrogens (tertiary/aromatic N) is 2. The van der Waals surface area contributed by atoms with Gasteiger partial charge in [0, 0.05) is 41.0 Å². The van der Waals surface area contributed by atoms with Crippen LogP contribution in [-0.2, 0) is 0 Å². The van der Waals surface area contributed by atoms with E-state index in [1.54, 1.807) is 18.3 Å². The van der Waals surface area contributed by atoms with Crippen molar-refractivity contribution in [2.45, 2.75) is 0 Å². The third-order valence-electron chi connectivity index (χ3n) is 1.65. The molecule has 0 aliphatic heterocycles. The fourth-order valence-corrected chi connectivity index (χ4v) is 1.11. The number of rotatable bonds is 1. The summed E-state index contributed by atoms with van der Waals surface area (Å²) < 4.78 is 0. The number of para-hydroxylation sites is 1. The third-order valence-corrected chi connectivity index (χ3v) is 1.65. The molecule has 0 spiro atoms. The van der Waals surface area contributed by atoms with Gasteiger partial charge in [-0.15, -0.1) is 0 Å². The van der Waals surface area contributed by atoms with Crippen LogP contribution < -0.4 is 0 Å². The average Bonchev–Trinajstić information content (AvgIpc) is 2.49. The van der Waals surface area contributed by atoms with Crippen molar-refractivity contribution in [3.63, 3.8) is 0 Å². The van der Waals surface area contributed by atoms with Gasteiger partial charge in [0.2, 0.25) is 0 Å². The average molecular weight is 186 g/mol. The van der Waals surface area contributed by atoms with Gasteiger partial charge in [-0.2, -0.15) is 5.10 Å². The van der Waals surface area contributed by atoms with E-state index < -0.39 is 4.92 Å². The number of H-pyrrole nitrogens is 1. The summed E-state index contributed by atoms with van der Waals surface area (Å²) in [6, 6.07) is 4.85. The Balaban J connectivity index is 0.000000845. The minimum absolute atomic E-state index is 0. The Morgan fingerprint density at radius 1 is 1.46 bits per heavy atom. The maximum absolute atomic E-state index is 10.5. The molecule has 61 valence electrons. The monoisotopic (exact) mass is 186 g/mol. The molecule has 0 unspecified atom stereocenters. The third kappa shape index (κ3) is 1.72. The minimum atomic E-state index is -0.430. The Kier molecular flexibility index (Phi) is 3.02. The number of nitrogens with one attached hydrogen (secondary N) is 1. The molecule has 0 fully saturated rings. The van der Waals surface area contributed by atoms with Crippen LogP contribution in [0.1, 0.15) is 0 Å². The molecule has 0 amide bonds. The van der Waals surface area contributed by atoms with Gasteiger partial charge in [-0.05, 0) is 0 Å². The Bertz CT molecular complexity index is 440. The molecule has 0 saturated carbocycles. The first-order chi connectivity index (χ1) is 5.79. The predicted octanol–water partition coefficient (Wildman–Crippen LogP) is 1.09. The molecule has 0 saturated heterocycles. The normalized spacial score (nSPS) is 9.54. The molecule has 1 aromatic carbocycles. The summed E-state index contributed by atoms with van der Waals surface area (Å²) in [6.45, 7) is 0. The quantitative estimate of drug-likeness (QED) is 0.411. The van der Waals surface area contributed by atoms with E-state index in [0.717, 1.165) is 5.39 Å². The van der Waals surface area contributed by atoms with Gasteiger partial charge in [-0.25, -0.2) is 0 Å². The number of aromatic nitrogens is 2. The first-order valence-electron chi connectivity index (χ1n) is 3.35. The van der Waals surface area contributed by atoms with Crippen molar-refractivity contribution < 1.29 is 4.92 Å². The number of fused-ring (bicyclic) bond motifs is 1. The van der Waals surface area contributed by atoms with E-state index in [2.05, 4.69) is 10.2 Å². The molecule has 2 aromatic rings. The SMILES string of the molecule is O=[N+]([O-])c1cccc2cn[nH]c12.[Na]. The summed E-state index contributed by atoms with van der Waals surface area (Å²) >= 11 is 0. The molecule has 1 aromatic heterocycles. The Morgan fingerprint density at radius 3 is 2.92 bits per heavy atom. The number of aromatic amines is 1. The van der Waals surface area contributed by atoms with E-state index in [-0.39, 0.29) is 35.2 Å². The van der Waals surface area contributed by atoms with Crippen molar-refractivity contribution in [1.29, 1.82) is 0 Å². The van der Waals surface area contributed by atoms with Crippen LogP contribution in [-0.4, -0.2) is 44.7 Å². The summed E-state index contributed by atoms with van der Waals surface area (Å²) in [4.78, 5) is 10.0. The van der Waals surface area contributed by atoms with Crippen molar-refractivity contribution in [2.24, 2.45) is 0 Å². The zero-order valence-corrected chi connectivity index (χ0v) is 9.02. The Hall–Kier alpha value is -0.910. The molecule has 0 bridgehead atoms. The second kappa shape index (κ2) is 3.87. The van der Waals surface area contributed by atoms with Crippen molar-refractivity contribution in [2.75, 3.05) is 0 Å². The van der Waals surface area contributed by atoms with Crippen LogP contribution in [0, 0.1) is 10.1 Å². The molecular weight excluding hydrogens is 181 g/mol. The molecule has 0 atom stereocenters. The van der Waals surface area contributed by atoms with Gasteiger partial charge in [0.15, 0.2) is 0 Å². The number of non-ortho nitro benzene ring substituents is 1. The fraction of sp³-hybridized carbons (Fsp3) is 0. The van der Waals surface area contributed by atoms with Gasteiger partial charge in [0.25, 0.3) is 5.69 Å². The molecule has 13 heavy (non-hydrogen) atoms. The van der Waals surface area contributed by atoms with Crippen molar-refractivity contribution in [1.82, 2.24) is 10.2 Å². The molecular formula is C7H5N3NaO2. The van der Waals surface area contributed by atoms with E-state index in [0.29, 0.717) is 5.52 Å². The van der Waals surface area contributed by atoms with E-state index >= 15 is 0 Å². The van der Waals surface area contributed by atoms with Gasteiger partial charge in [0.05, 0.1) is 11.1 Å². The first-order valence-corrected chi connectivity index (χ1v) is 3.35. The van der Waals surface area contributed by atoms with Crippen LogP contribution in [0.25, 0.3) is 10.9 Å². The van der Waals surface area contributed by atoms with E-state index in [4.69, 9.17) is 0 Å². The van der Waals surface area contributed by atoms with Gasteiger partial charge < -0.3 is 0 Å². The minimum Gasteiger partial charge on any atom is -0.271 e. The molecule has 0 aliphatic rings. The molecule has 2 rings (SSSR count). The maximum atomic E-state index is 10.5. The van der Waals surface area contributed by atoms with Crippen LogP contribution in [0.4, 0.5) is 5.69 Å². The van der Waals surface area contributed by atoms with E-state index in [9.17, 15) is 10.1 Å². The number of benzene rings is 1. The zero-order chi connectivity index (χ0) is 8.55. The Morgan fingerprint density at radius 2 is 2.23 bits per heavy atom. The summed E-state index contributed by atoms with van der Waals surface area (Å²) in [7, 11) is 0. The second-order valence-corrected chi connectivity index (χ2v) is 2.37. The van der Waals surface area contributed by atoms with E-state index in [1.807, 2.05) is 0 Å². The van der Waals surface area contributed by atoms with Gasteiger partial charge in [-0.1, -0.05) is 12.1 Å².